The standard InChI is InChI=1S/C59H44N2/c1-59(2)56-40-50(61(47-31-27-43(28-32-47)41-17-7-3-8-18-41)48-33-29-44(30-34-48)42-19-9-4-10-20-42)36-38-54(56)57-52-26-16-15-25-51(52)55-39-49(35-37-53(55)58(57)59)60(45-21-11-5-12-22-45)46-23-13-6-14-24-46/h3-40H,1-2H3. The van der Waals surface area contributed by atoms with Crippen LogP contribution in [0.15, 0.2) is 231 Å². The second-order valence-electron chi connectivity index (χ2n) is 16.5. The maximum absolute atomic E-state index is 2.45. The van der Waals surface area contributed by atoms with Crippen LogP contribution in [0.3, 0.4) is 0 Å². The molecular formula is C59H44N2. The lowest BCUT2D eigenvalue weighted by molar-refractivity contribution is 0.666. The van der Waals surface area contributed by atoms with E-state index < -0.39 is 0 Å². The Morgan fingerprint density at radius 2 is 0.689 bits per heavy atom. The summed E-state index contributed by atoms with van der Waals surface area (Å²) in [5, 5.41) is 5.12. The third kappa shape index (κ3) is 6.27. The van der Waals surface area contributed by atoms with E-state index in [1.807, 2.05) is 0 Å². The Morgan fingerprint density at radius 3 is 1.21 bits per heavy atom. The number of benzene rings is 10. The minimum Gasteiger partial charge on any atom is -0.310 e. The molecule has 0 aliphatic heterocycles. The number of para-hydroxylation sites is 2. The molecule has 0 bridgehead atoms. The lowest BCUT2D eigenvalue weighted by atomic mass is 9.79. The van der Waals surface area contributed by atoms with Crippen LogP contribution in [0.25, 0.3) is 54.9 Å². The molecule has 0 atom stereocenters. The number of nitrogens with zero attached hydrogens (tertiary/aromatic N) is 2. The van der Waals surface area contributed by atoms with Crippen molar-refractivity contribution >= 4 is 55.7 Å². The third-order valence-electron chi connectivity index (χ3n) is 12.6. The van der Waals surface area contributed by atoms with Gasteiger partial charge in [0.15, 0.2) is 0 Å². The lowest BCUT2D eigenvalue weighted by Gasteiger charge is -2.29. The van der Waals surface area contributed by atoms with Crippen molar-refractivity contribution in [2.45, 2.75) is 19.3 Å². The summed E-state index contributed by atoms with van der Waals surface area (Å²) in [6.07, 6.45) is 0. The van der Waals surface area contributed by atoms with Gasteiger partial charge in [0.2, 0.25) is 0 Å². The van der Waals surface area contributed by atoms with Gasteiger partial charge in [-0.05, 0) is 139 Å². The van der Waals surface area contributed by atoms with Crippen LogP contribution in [0.1, 0.15) is 25.0 Å². The molecule has 11 rings (SSSR count). The fourth-order valence-electron chi connectivity index (χ4n) is 9.70. The van der Waals surface area contributed by atoms with Gasteiger partial charge in [-0.25, -0.2) is 0 Å². The number of hydrogen-bond donors (Lipinski definition) is 0. The Kier molecular flexibility index (Phi) is 8.86. The van der Waals surface area contributed by atoms with Gasteiger partial charge >= 0.3 is 0 Å². The Balaban J connectivity index is 1.06. The van der Waals surface area contributed by atoms with Crippen LogP contribution in [0.5, 0.6) is 0 Å². The maximum Gasteiger partial charge on any atom is 0.0468 e. The predicted octanol–water partition coefficient (Wildman–Crippen LogP) is 16.6. The molecule has 0 heterocycles. The molecule has 0 fully saturated rings. The number of fused-ring (bicyclic) bond motifs is 8. The van der Waals surface area contributed by atoms with Gasteiger partial charge in [0.1, 0.15) is 0 Å². The molecule has 290 valence electrons. The molecule has 0 spiro atoms. The molecule has 0 amide bonds. The Hall–Kier alpha value is -7.68. The van der Waals surface area contributed by atoms with Crippen molar-refractivity contribution in [3.63, 3.8) is 0 Å². The van der Waals surface area contributed by atoms with E-state index in [1.54, 1.807) is 0 Å². The summed E-state index contributed by atoms with van der Waals surface area (Å²) in [5.74, 6) is 0. The van der Waals surface area contributed by atoms with Crippen molar-refractivity contribution in [3.05, 3.63) is 242 Å². The van der Waals surface area contributed by atoms with Crippen LogP contribution in [0.2, 0.25) is 0 Å². The summed E-state index contributed by atoms with van der Waals surface area (Å²) in [7, 11) is 0. The Bertz CT molecular complexity index is 3050. The third-order valence-corrected chi connectivity index (χ3v) is 12.6. The van der Waals surface area contributed by atoms with Crippen molar-refractivity contribution < 1.29 is 0 Å². The van der Waals surface area contributed by atoms with E-state index in [0.717, 1.165) is 34.1 Å². The summed E-state index contributed by atoms with van der Waals surface area (Å²) in [5.41, 5.74) is 16.7. The van der Waals surface area contributed by atoms with Crippen molar-refractivity contribution in [1.29, 1.82) is 0 Å². The molecule has 0 N–H and O–H groups in total. The van der Waals surface area contributed by atoms with Gasteiger partial charge in [-0.1, -0.05) is 172 Å². The van der Waals surface area contributed by atoms with Crippen LogP contribution in [-0.4, -0.2) is 0 Å². The van der Waals surface area contributed by atoms with Crippen LogP contribution >= 0.6 is 0 Å². The topological polar surface area (TPSA) is 6.48 Å². The highest BCUT2D eigenvalue weighted by atomic mass is 15.1. The normalized spacial score (nSPS) is 12.6. The molecule has 0 saturated carbocycles. The zero-order valence-electron chi connectivity index (χ0n) is 34.3. The van der Waals surface area contributed by atoms with Gasteiger partial charge < -0.3 is 9.80 Å². The first-order valence-corrected chi connectivity index (χ1v) is 21.2. The SMILES string of the molecule is CC1(C)c2cc(N(c3ccc(-c4ccccc4)cc3)c3ccc(-c4ccccc4)cc3)ccc2-c2c1c1ccc(N(c3ccccc3)c3ccccc3)cc1c1ccccc21. The highest BCUT2D eigenvalue weighted by Gasteiger charge is 2.39. The van der Waals surface area contributed by atoms with Gasteiger partial charge in [-0.15, -0.1) is 0 Å². The molecule has 10 aromatic carbocycles. The molecule has 2 nitrogen and oxygen atoms in total. The van der Waals surface area contributed by atoms with Crippen molar-refractivity contribution in [3.8, 4) is 33.4 Å². The van der Waals surface area contributed by atoms with Gasteiger partial charge in [-0.2, -0.15) is 0 Å². The first kappa shape index (κ1) is 36.4. The molecular weight excluding hydrogens is 737 g/mol. The van der Waals surface area contributed by atoms with Gasteiger partial charge in [0.25, 0.3) is 0 Å². The molecule has 0 saturated heterocycles. The second kappa shape index (κ2) is 14.9. The zero-order chi connectivity index (χ0) is 40.9. The second-order valence-corrected chi connectivity index (χ2v) is 16.5. The van der Waals surface area contributed by atoms with Gasteiger partial charge in [0.05, 0.1) is 0 Å². The molecule has 1 aliphatic rings. The smallest absolute Gasteiger partial charge is 0.0468 e. The van der Waals surface area contributed by atoms with E-state index >= 15 is 0 Å². The molecule has 0 radical (unpaired) electrons. The monoisotopic (exact) mass is 780 g/mol. The number of rotatable bonds is 8. The zero-order valence-corrected chi connectivity index (χ0v) is 34.3. The highest BCUT2D eigenvalue weighted by molar-refractivity contribution is 6.19. The van der Waals surface area contributed by atoms with Crippen LogP contribution in [0.4, 0.5) is 34.1 Å². The van der Waals surface area contributed by atoms with Crippen LogP contribution < -0.4 is 9.80 Å². The van der Waals surface area contributed by atoms with E-state index in [9.17, 15) is 0 Å². The first-order valence-electron chi connectivity index (χ1n) is 21.2. The summed E-state index contributed by atoms with van der Waals surface area (Å²) in [4.78, 5) is 4.77. The van der Waals surface area contributed by atoms with Gasteiger partial charge in [-0.3, -0.25) is 0 Å². The summed E-state index contributed by atoms with van der Waals surface area (Å²) >= 11 is 0. The van der Waals surface area contributed by atoms with Crippen molar-refractivity contribution in [2.24, 2.45) is 0 Å². The average Bonchev–Trinajstić information content (AvgIpc) is 3.57. The fraction of sp³-hybridized carbons (Fsp3) is 0.0508. The highest BCUT2D eigenvalue weighted by Crippen LogP contribution is 2.56. The predicted molar refractivity (Wildman–Crippen MR) is 259 cm³/mol. The summed E-state index contributed by atoms with van der Waals surface area (Å²) in [6, 6.07) is 83.8. The van der Waals surface area contributed by atoms with Gasteiger partial charge in [0, 0.05) is 39.5 Å². The number of anilines is 6. The van der Waals surface area contributed by atoms with E-state index in [1.165, 1.54) is 66.1 Å². The Labute approximate surface area is 358 Å². The molecule has 1 aliphatic carbocycles. The Morgan fingerprint density at radius 1 is 0.295 bits per heavy atom. The fourth-order valence-corrected chi connectivity index (χ4v) is 9.70. The summed E-state index contributed by atoms with van der Waals surface area (Å²) in [6.45, 7) is 4.83. The molecule has 61 heavy (non-hydrogen) atoms. The lowest BCUT2D eigenvalue weighted by Crippen LogP contribution is -2.17. The molecule has 10 aromatic rings. The largest absolute Gasteiger partial charge is 0.310 e. The minimum absolute atomic E-state index is 0.275. The number of hydrogen-bond acceptors (Lipinski definition) is 2. The molecule has 0 unspecified atom stereocenters. The quantitative estimate of drug-likeness (QED) is 0.142. The van der Waals surface area contributed by atoms with E-state index in [-0.39, 0.29) is 5.41 Å². The average molecular weight is 781 g/mol. The molecule has 2 heteroatoms. The van der Waals surface area contributed by atoms with Crippen molar-refractivity contribution in [2.75, 3.05) is 9.80 Å². The first-order chi connectivity index (χ1) is 30.0. The van der Waals surface area contributed by atoms with Crippen molar-refractivity contribution in [1.82, 2.24) is 0 Å². The maximum atomic E-state index is 2.45. The van der Waals surface area contributed by atoms with Crippen LogP contribution in [0, 0.1) is 0 Å². The van der Waals surface area contributed by atoms with E-state index in [0.29, 0.717) is 0 Å². The van der Waals surface area contributed by atoms with E-state index in [4.69, 9.17) is 0 Å². The van der Waals surface area contributed by atoms with Crippen LogP contribution in [-0.2, 0) is 5.41 Å². The summed E-state index contributed by atoms with van der Waals surface area (Å²) < 4.78 is 0. The van der Waals surface area contributed by atoms with E-state index in [2.05, 4.69) is 254 Å². The minimum atomic E-state index is -0.275. The molecule has 0 aromatic heterocycles.